The second-order valence-corrected chi connectivity index (χ2v) is 8.06. The number of benzene rings is 2. The first-order valence-electron chi connectivity index (χ1n) is 9.71. The van der Waals surface area contributed by atoms with Crippen LogP contribution in [-0.4, -0.2) is 11.8 Å². The van der Waals surface area contributed by atoms with Crippen LogP contribution in [-0.2, 0) is 12.0 Å². The van der Waals surface area contributed by atoms with Gasteiger partial charge in [-0.1, -0.05) is 45.0 Å². The monoisotopic (exact) mass is 406 g/mol. The second-order valence-electron chi connectivity index (χ2n) is 8.06. The molecular weight excluding hydrogens is 380 g/mol. The Morgan fingerprint density at radius 2 is 1.53 bits per heavy atom. The van der Waals surface area contributed by atoms with E-state index in [1.165, 1.54) is 11.8 Å². The van der Waals surface area contributed by atoms with Gasteiger partial charge in [0.2, 0.25) is 0 Å². The Morgan fingerprint density at radius 3 is 2.10 bits per heavy atom. The molecule has 156 valence electrons. The third kappa shape index (κ3) is 5.29. The zero-order valence-corrected chi connectivity index (χ0v) is 17.6. The van der Waals surface area contributed by atoms with Crippen LogP contribution in [0.3, 0.4) is 0 Å². The maximum atomic E-state index is 12.2. The van der Waals surface area contributed by atoms with Gasteiger partial charge in [0.1, 0.15) is 18.1 Å². The number of hydrogen-bond acceptors (Lipinski definition) is 4. The average molecular weight is 406 g/mol. The molecule has 0 radical (unpaired) electrons. The molecule has 6 nitrogen and oxygen atoms in total. The predicted octanol–water partition coefficient (Wildman–Crippen LogP) is 4.54. The molecule has 2 amide bonds. The molecule has 0 saturated carbocycles. The van der Waals surface area contributed by atoms with Gasteiger partial charge >= 0.3 is 0 Å². The van der Waals surface area contributed by atoms with Crippen molar-refractivity contribution in [2.45, 2.75) is 39.7 Å². The van der Waals surface area contributed by atoms with Crippen molar-refractivity contribution in [1.29, 1.82) is 0 Å². The van der Waals surface area contributed by atoms with Crippen LogP contribution < -0.4 is 15.6 Å². The molecule has 0 aliphatic carbocycles. The van der Waals surface area contributed by atoms with Gasteiger partial charge in [-0.2, -0.15) is 0 Å². The van der Waals surface area contributed by atoms with Crippen molar-refractivity contribution in [1.82, 2.24) is 10.9 Å². The molecule has 2 aromatic carbocycles. The molecule has 30 heavy (non-hydrogen) atoms. The zero-order chi connectivity index (χ0) is 21.7. The van der Waals surface area contributed by atoms with Crippen molar-refractivity contribution >= 4 is 11.8 Å². The van der Waals surface area contributed by atoms with Crippen molar-refractivity contribution in [2.75, 3.05) is 0 Å². The normalized spacial score (nSPS) is 11.1. The van der Waals surface area contributed by atoms with Crippen molar-refractivity contribution in [3.8, 4) is 5.75 Å². The van der Waals surface area contributed by atoms with E-state index < -0.39 is 11.8 Å². The summed E-state index contributed by atoms with van der Waals surface area (Å²) in [5.74, 6) is 0.438. The number of amides is 2. The molecule has 6 heteroatoms. The molecule has 3 rings (SSSR count). The number of carbonyl (C=O) groups excluding carboxylic acids is 2. The maximum absolute atomic E-state index is 12.2. The van der Waals surface area contributed by atoms with E-state index in [0.29, 0.717) is 23.5 Å². The van der Waals surface area contributed by atoms with E-state index in [2.05, 4.69) is 43.8 Å². The summed E-state index contributed by atoms with van der Waals surface area (Å²) in [5, 5.41) is 0. The van der Waals surface area contributed by atoms with Gasteiger partial charge < -0.3 is 9.15 Å². The summed E-state index contributed by atoms with van der Waals surface area (Å²) in [7, 11) is 0. The van der Waals surface area contributed by atoms with Crippen molar-refractivity contribution in [2.24, 2.45) is 0 Å². The number of ether oxygens (including phenoxy) is 1. The lowest BCUT2D eigenvalue weighted by Crippen LogP contribution is -2.41. The molecule has 0 spiro atoms. The highest BCUT2D eigenvalue weighted by atomic mass is 16.5. The Hall–Kier alpha value is -3.54. The van der Waals surface area contributed by atoms with Gasteiger partial charge in [-0.15, -0.1) is 0 Å². The molecule has 0 fully saturated rings. The number of carbonyl (C=O) groups is 2. The van der Waals surface area contributed by atoms with Crippen LogP contribution in [0.1, 0.15) is 58.4 Å². The Bertz CT molecular complexity index is 1010. The van der Waals surface area contributed by atoms with Gasteiger partial charge in [-0.05, 0) is 53.8 Å². The Morgan fingerprint density at radius 1 is 0.900 bits per heavy atom. The van der Waals surface area contributed by atoms with Crippen LogP contribution in [0.2, 0.25) is 0 Å². The summed E-state index contributed by atoms with van der Waals surface area (Å²) in [4.78, 5) is 24.2. The molecule has 0 atom stereocenters. The molecule has 0 aliphatic rings. The van der Waals surface area contributed by atoms with Crippen molar-refractivity contribution < 1.29 is 18.7 Å². The molecule has 0 bridgehead atoms. The fraction of sp³-hybridized carbons (Fsp3) is 0.250. The quantitative estimate of drug-likeness (QED) is 0.610. The lowest BCUT2D eigenvalue weighted by Gasteiger charge is -2.19. The average Bonchev–Trinajstić information content (AvgIpc) is 3.16. The van der Waals surface area contributed by atoms with Crippen LogP contribution in [0.4, 0.5) is 0 Å². The first-order chi connectivity index (χ1) is 14.2. The Kier molecular flexibility index (Phi) is 6.26. The fourth-order valence-electron chi connectivity index (χ4n) is 2.84. The van der Waals surface area contributed by atoms with E-state index >= 15 is 0 Å². The third-order valence-electron chi connectivity index (χ3n) is 4.73. The lowest BCUT2D eigenvalue weighted by atomic mass is 9.87. The molecule has 0 saturated heterocycles. The largest absolute Gasteiger partial charge is 0.489 e. The van der Waals surface area contributed by atoms with Crippen molar-refractivity contribution in [3.05, 3.63) is 88.9 Å². The third-order valence-corrected chi connectivity index (χ3v) is 4.73. The number of nitrogens with one attached hydrogen (secondary N) is 2. The van der Waals surface area contributed by atoms with Crippen molar-refractivity contribution in [3.63, 3.8) is 0 Å². The number of furan rings is 1. The number of rotatable bonds is 5. The molecule has 0 unspecified atom stereocenters. The van der Waals surface area contributed by atoms with Crippen LogP contribution in [0.25, 0.3) is 0 Å². The molecule has 2 N–H and O–H groups in total. The van der Waals surface area contributed by atoms with E-state index in [-0.39, 0.29) is 5.41 Å². The minimum absolute atomic E-state index is 0.103. The highest BCUT2D eigenvalue weighted by molar-refractivity contribution is 5.99. The molecule has 1 heterocycles. The van der Waals surface area contributed by atoms with Gasteiger partial charge in [0.15, 0.2) is 0 Å². The highest BCUT2D eigenvalue weighted by Gasteiger charge is 2.14. The minimum Gasteiger partial charge on any atom is -0.489 e. The van der Waals surface area contributed by atoms with Gasteiger partial charge in [-0.25, -0.2) is 0 Å². The summed E-state index contributed by atoms with van der Waals surface area (Å²) >= 11 is 0. The zero-order valence-electron chi connectivity index (χ0n) is 17.6. The predicted molar refractivity (Wildman–Crippen MR) is 114 cm³/mol. The van der Waals surface area contributed by atoms with Crippen LogP contribution in [0.15, 0.2) is 65.3 Å². The number of hydrogen-bond donors (Lipinski definition) is 2. The van der Waals surface area contributed by atoms with E-state index in [1.807, 2.05) is 24.3 Å². The van der Waals surface area contributed by atoms with Crippen LogP contribution in [0.5, 0.6) is 5.75 Å². The van der Waals surface area contributed by atoms with E-state index in [1.54, 1.807) is 25.1 Å². The summed E-state index contributed by atoms with van der Waals surface area (Å²) in [6.45, 7) is 8.59. The van der Waals surface area contributed by atoms with Crippen LogP contribution in [0, 0.1) is 6.92 Å². The van der Waals surface area contributed by atoms with Gasteiger partial charge in [0.25, 0.3) is 11.8 Å². The minimum atomic E-state index is -0.433. The van der Waals surface area contributed by atoms with Gasteiger partial charge in [0.05, 0.1) is 11.8 Å². The molecule has 1 aromatic heterocycles. The standard InChI is InChI=1S/C24H26N2O4/c1-16-21(13-14-29-16)23(28)26-25-22(27)18-7-5-17(6-8-18)15-30-20-11-9-19(10-12-20)24(2,3)4/h5-14H,15H2,1-4H3,(H,25,27)(H,26,28). The van der Waals surface area contributed by atoms with Gasteiger partial charge in [0, 0.05) is 5.56 Å². The van der Waals surface area contributed by atoms with Crippen LogP contribution >= 0.6 is 0 Å². The summed E-state index contributed by atoms with van der Waals surface area (Å²) in [6.07, 6.45) is 1.42. The smallest absolute Gasteiger partial charge is 0.273 e. The number of hydrazine groups is 1. The van der Waals surface area contributed by atoms with E-state index in [9.17, 15) is 9.59 Å². The molecule has 0 aliphatic heterocycles. The molecule has 3 aromatic rings. The molecular formula is C24H26N2O4. The topological polar surface area (TPSA) is 80.6 Å². The summed E-state index contributed by atoms with van der Waals surface area (Å²) < 4.78 is 10.9. The van der Waals surface area contributed by atoms with E-state index in [4.69, 9.17) is 9.15 Å². The summed E-state index contributed by atoms with van der Waals surface area (Å²) in [5.41, 5.74) is 7.86. The second kappa shape index (κ2) is 8.86. The highest BCUT2D eigenvalue weighted by Crippen LogP contribution is 2.24. The number of aryl methyl sites for hydroxylation is 1. The Labute approximate surface area is 176 Å². The first-order valence-corrected chi connectivity index (χ1v) is 9.71. The van der Waals surface area contributed by atoms with E-state index in [0.717, 1.165) is 11.3 Å². The fourth-order valence-corrected chi connectivity index (χ4v) is 2.84. The Balaban J connectivity index is 1.51. The maximum Gasteiger partial charge on any atom is 0.273 e. The summed E-state index contributed by atoms with van der Waals surface area (Å²) in [6, 6.07) is 16.6. The van der Waals surface area contributed by atoms with Gasteiger partial charge in [-0.3, -0.25) is 20.4 Å². The lowest BCUT2D eigenvalue weighted by molar-refractivity contribution is 0.0845. The first kappa shape index (κ1) is 21.2. The SMILES string of the molecule is Cc1occc1C(=O)NNC(=O)c1ccc(COc2ccc(C(C)(C)C)cc2)cc1.